The van der Waals surface area contributed by atoms with Gasteiger partial charge in [0.2, 0.25) is 5.91 Å². The van der Waals surface area contributed by atoms with Crippen molar-refractivity contribution >= 4 is 11.6 Å². The van der Waals surface area contributed by atoms with Gasteiger partial charge in [0.25, 0.3) is 0 Å². The van der Waals surface area contributed by atoms with Crippen molar-refractivity contribution < 1.29 is 4.79 Å². The first-order valence-electron chi connectivity index (χ1n) is 5.64. The fourth-order valence-corrected chi connectivity index (χ4v) is 2.92. The molecular weight excluding hydrogens is 200 g/mol. The van der Waals surface area contributed by atoms with Crippen LogP contribution in [0, 0.1) is 17.2 Å². The minimum absolute atomic E-state index is 0.126. The van der Waals surface area contributed by atoms with E-state index in [0.29, 0.717) is 11.5 Å². The molecule has 1 aliphatic heterocycles. The highest BCUT2D eigenvalue weighted by Gasteiger charge is 2.38. The molecule has 2 atom stereocenters. The van der Waals surface area contributed by atoms with E-state index in [1.165, 1.54) is 0 Å². The van der Waals surface area contributed by atoms with Gasteiger partial charge in [0.1, 0.15) is 0 Å². The molecule has 0 spiro atoms. The van der Waals surface area contributed by atoms with Crippen LogP contribution in [-0.2, 0) is 4.79 Å². The summed E-state index contributed by atoms with van der Waals surface area (Å²) in [6.07, 6.45) is 3.16. The monoisotopic (exact) mass is 212 g/mol. The van der Waals surface area contributed by atoms with E-state index in [1.807, 2.05) is 12.1 Å². The smallest absolute Gasteiger partial charge is 0.228 e. The summed E-state index contributed by atoms with van der Waals surface area (Å²) in [6, 6.07) is 7.69. The molecule has 16 heavy (non-hydrogen) atoms. The lowest BCUT2D eigenvalue weighted by Gasteiger charge is -2.28. The number of hydrogen-bond donors (Lipinski definition) is 1. The van der Waals surface area contributed by atoms with E-state index in [4.69, 9.17) is 5.26 Å². The number of nitriles is 1. The van der Waals surface area contributed by atoms with Gasteiger partial charge in [0.05, 0.1) is 11.6 Å². The second kappa shape index (κ2) is 3.34. The zero-order chi connectivity index (χ0) is 11.1. The number of benzene rings is 1. The summed E-state index contributed by atoms with van der Waals surface area (Å²) in [4.78, 5) is 11.8. The van der Waals surface area contributed by atoms with Crippen molar-refractivity contribution in [2.45, 2.75) is 25.2 Å². The lowest BCUT2D eigenvalue weighted by molar-refractivity contribution is -0.120. The highest BCUT2D eigenvalue weighted by Crippen LogP contribution is 2.46. The molecule has 0 saturated heterocycles. The molecule has 1 amide bonds. The van der Waals surface area contributed by atoms with Gasteiger partial charge in [-0.05, 0) is 42.5 Å². The Morgan fingerprint density at radius 1 is 1.31 bits per heavy atom. The van der Waals surface area contributed by atoms with Crippen LogP contribution in [-0.4, -0.2) is 5.91 Å². The molecule has 0 radical (unpaired) electrons. The summed E-state index contributed by atoms with van der Waals surface area (Å²) in [5, 5.41) is 11.8. The Kier molecular flexibility index (Phi) is 1.97. The van der Waals surface area contributed by atoms with E-state index in [2.05, 4.69) is 11.4 Å². The molecule has 0 aromatic heterocycles. The van der Waals surface area contributed by atoms with Gasteiger partial charge in [-0.2, -0.15) is 5.26 Å². The van der Waals surface area contributed by atoms with Crippen molar-refractivity contribution in [1.82, 2.24) is 0 Å². The number of nitrogens with zero attached hydrogens (tertiary/aromatic N) is 1. The zero-order valence-electron chi connectivity index (χ0n) is 8.86. The van der Waals surface area contributed by atoms with Crippen LogP contribution in [0.2, 0.25) is 0 Å². The molecule has 0 bridgehead atoms. The van der Waals surface area contributed by atoms with Gasteiger partial charge in [0, 0.05) is 11.6 Å². The molecule has 3 nitrogen and oxygen atoms in total. The number of carbonyl (C=O) groups is 1. The highest BCUT2D eigenvalue weighted by atomic mass is 16.2. The topological polar surface area (TPSA) is 52.9 Å². The molecule has 3 rings (SSSR count). The molecule has 2 unspecified atom stereocenters. The number of anilines is 1. The molecule has 3 heteroatoms. The van der Waals surface area contributed by atoms with Crippen LogP contribution in [0.1, 0.15) is 36.3 Å². The molecule has 1 aliphatic carbocycles. The average Bonchev–Trinajstić information content (AvgIpc) is 2.78. The highest BCUT2D eigenvalue weighted by molar-refractivity contribution is 5.97. The maximum atomic E-state index is 11.8. The Morgan fingerprint density at radius 2 is 2.12 bits per heavy atom. The largest absolute Gasteiger partial charge is 0.326 e. The first kappa shape index (κ1) is 9.41. The van der Waals surface area contributed by atoms with E-state index in [-0.39, 0.29) is 11.8 Å². The lowest BCUT2D eigenvalue weighted by atomic mass is 9.83. The average molecular weight is 212 g/mol. The SMILES string of the molecule is N#Cc1ccc2c(c1)C1CCCC1C(=O)N2. The fourth-order valence-electron chi connectivity index (χ4n) is 2.92. The van der Waals surface area contributed by atoms with Crippen molar-refractivity contribution in [2.75, 3.05) is 5.32 Å². The third-order valence-corrected chi connectivity index (χ3v) is 3.69. The van der Waals surface area contributed by atoms with Gasteiger partial charge in [-0.1, -0.05) is 6.42 Å². The standard InChI is InChI=1S/C13H12N2O/c14-7-8-4-5-12-11(6-8)9-2-1-3-10(9)13(16)15-12/h4-6,9-10H,1-3H2,(H,15,16). The second-order valence-corrected chi connectivity index (χ2v) is 4.55. The molecule has 1 aromatic carbocycles. The molecule has 2 aliphatic rings. The number of fused-ring (bicyclic) bond motifs is 3. The Bertz CT molecular complexity index is 501. The maximum absolute atomic E-state index is 11.8. The van der Waals surface area contributed by atoms with Gasteiger partial charge in [0.15, 0.2) is 0 Å². The van der Waals surface area contributed by atoms with E-state index < -0.39 is 0 Å². The maximum Gasteiger partial charge on any atom is 0.228 e. The predicted molar refractivity (Wildman–Crippen MR) is 59.9 cm³/mol. The van der Waals surface area contributed by atoms with E-state index in [9.17, 15) is 4.79 Å². The summed E-state index contributed by atoms with van der Waals surface area (Å²) < 4.78 is 0. The van der Waals surface area contributed by atoms with Crippen LogP contribution in [0.5, 0.6) is 0 Å². The number of hydrogen-bond acceptors (Lipinski definition) is 2. The van der Waals surface area contributed by atoms with Gasteiger partial charge in [-0.15, -0.1) is 0 Å². The summed E-state index contributed by atoms with van der Waals surface area (Å²) in [6.45, 7) is 0. The normalized spacial score (nSPS) is 26.6. The Balaban J connectivity index is 2.12. The summed E-state index contributed by atoms with van der Waals surface area (Å²) in [7, 11) is 0. The molecule has 80 valence electrons. The first-order valence-corrected chi connectivity index (χ1v) is 5.64. The molecular formula is C13H12N2O. The number of amides is 1. The van der Waals surface area contributed by atoms with Crippen molar-refractivity contribution in [1.29, 1.82) is 5.26 Å². The van der Waals surface area contributed by atoms with E-state index in [1.54, 1.807) is 6.07 Å². The molecule has 1 fully saturated rings. The number of nitrogens with one attached hydrogen (secondary N) is 1. The number of carbonyl (C=O) groups excluding carboxylic acids is 1. The van der Waals surface area contributed by atoms with Gasteiger partial charge >= 0.3 is 0 Å². The van der Waals surface area contributed by atoms with Crippen LogP contribution < -0.4 is 5.32 Å². The Morgan fingerprint density at radius 3 is 2.94 bits per heavy atom. The zero-order valence-corrected chi connectivity index (χ0v) is 8.86. The lowest BCUT2D eigenvalue weighted by Crippen LogP contribution is -2.30. The first-order chi connectivity index (χ1) is 7.79. The van der Waals surface area contributed by atoms with Gasteiger partial charge in [-0.25, -0.2) is 0 Å². The second-order valence-electron chi connectivity index (χ2n) is 4.55. The minimum Gasteiger partial charge on any atom is -0.326 e. The number of rotatable bonds is 0. The van der Waals surface area contributed by atoms with E-state index >= 15 is 0 Å². The van der Waals surface area contributed by atoms with E-state index in [0.717, 1.165) is 30.5 Å². The molecule has 1 N–H and O–H groups in total. The Labute approximate surface area is 94.1 Å². The molecule has 1 heterocycles. The fraction of sp³-hybridized carbons (Fsp3) is 0.385. The van der Waals surface area contributed by atoms with Crippen molar-refractivity contribution in [3.05, 3.63) is 29.3 Å². The summed E-state index contributed by atoms with van der Waals surface area (Å²) >= 11 is 0. The third kappa shape index (κ3) is 1.23. The van der Waals surface area contributed by atoms with Crippen molar-refractivity contribution in [3.63, 3.8) is 0 Å². The van der Waals surface area contributed by atoms with Gasteiger partial charge in [-0.3, -0.25) is 4.79 Å². The van der Waals surface area contributed by atoms with Crippen LogP contribution in [0.15, 0.2) is 18.2 Å². The summed E-state index contributed by atoms with van der Waals surface area (Å²) in [5.41, 5.74) is 2.73. The molecule has 1 aromatic rings. The van der Waals surface area contributed by atoms with Crippen molar-refractivity contribution in [3.8, 4) is 6.07 Å². The molecule has 1 saturated carbocycles. The van der Waals surface area contributed by atoms with Crippen LogP contribution in [0.4, 0.5) is 5.69 Å². The third-order valence-electron chi connectivity index (χ3n) is 3.69. The van der Waals surface area contributed by atoms with Crippen LogP contribution >= 0.6 is 0 Å². The van der Waals surface area contributed by atoms with Crippen LogP contribution in [0.3, 0.4) is 0 Å². The quantitative estimate of drug-likeness (QED) is 0.717. The van der Waals surface area contributed by atoms with Gasteiger partial charge < -0.3 is 5.32 Å². The van der Waals surface area contributed by atoms with Crippen LogP contribution in [0.25, 0.3) is 0 Å². The minimum atomic E-state index is 0.126. The van der Waals surface area contributed by atoms with Crippen molar-refractivity contribution in [2.24, 2.45) is 5.92 Å². The predicted octanol–water partition coefficient (Wildman–Crippen LogP) is 2.39. The Hall–Kier alpha value is -1.82. The summed E-state index contributed by atoms with van der Waals surface area (Å²) in [5.74, 6) is 0.609.